The Labute approximate surface area is 156 Å². The quantitative estimate of drug-likeness (QED) is 0.595. The maximum absolute atomic E-state index is 12.9. The van der Waals surface area contributed by atoms with Crippen LogP contribution in [0.1, 0.15) is 12.5 Å². The number of halogens is 1. The molecule has 0 fully saturated rings. The molecule has 142 valence electrons. The van der Waals surface area contributed by atoms with Crippen LogP contribution in [0.4, 0.5) is 10.1 Å². The minimum Gasteiger partial charge on any atom is -0.493 e. The summed E-state index contributed by atoms with van der Waals surface area (Å²) in [4.78, 5) is 23.9. The lowest BCUT2D eigenvalue weighted by molar-refractivity contribution is -0.148. The van der Waals surface area contributed by atoms with Crippen molar-refractivity contribution < 1.29 is 28.2 Å². The van der Waals surface area contributed by atoms with E-state index in [2.05, 4.69) is 5.32 Å². The van der Waals surface area contributed by atoms with Gasteiger partial charge in [0.25, 0.3) is 5.91 Å². The van der Waals surface area contributed by atoms with Gasteiger partial charge in [-0.1, -0.05) is 6.07 Å². The summed E-state index contributed by atoms with van der Waals surface area (Å²) in [5.41, 5.74) is 1.11. The largest absolute Gasteiger partial charge is 0.493 e. The Balaban J connectivity index is 1.93. The molecule has 2 aromatic rings. The fraction of sp³-hybridized carbons (Fsp3) is 0.200. The number of anilines is 1. The van der Waals surface area contributed by atoms with Crippen LogP contribution >= 0.6 is 0 Å². The average Bonchev–Trinajstić information content (AvgIpc) is 2.67. The van der Waals surface area contributed by atoms with Gasteiger partial charge in [-0.05, 0) is 55.0 Å². The molecule has 1 atom stereocenters. The normalized spacial score (nSPS) is 11.7. The number of benzene rings is 2. The second-order valence-electron chi connectivity index (χ2n) is 5.52. The number of methoxy groups -OCH3 is 2. The van der Waals surface area contributed by atoms with E-state index in [1.165, 1.54) is 57.6 Å². The van der Waals surface area contributed by atoms with Crippen molar-refractivity contribution in [1.29, 1.82) is 0 Å². The smallest absolute Gasteiger partial charge is 0.331 e. The van der Waals surface area contributed by atoms with E-state index in [-0.39, 0.29) is 0 Å². The van der Waals surface area contributed by atoms with Crippen LogP contribution in [0.5, 0.6) is 11.5 Å². The molecular formula is C20H20FNO5. The number of amides is 1. The number of rotatable bonds is 7. The van der Waals surface area contributed by atoms with Gasteiger partial charge in [0.05, 0.1) is 14.2 Å². The van der Waals surface area contributed by atoms with Gasteiger partial charge < -0.3 is 19.5 Å². The average molecular weight is 373 g/mol. The molecule has 0 saturated carbocycles. The van der Waals surface area contributed by atoms with Crippen molar-refractivity contribution >= 4 is 23.6 Å². The van der Waals surface area contributed by atoms with Crippen molar-refractivity contribution in [2.75, 3.05) is 19.5 Å². The third-order valence-electron chi connectivity index (χ3n) is 3.59. The first-order chi connectivity index (χ1) is 12.9. The number of carbonyl (C=O) groups excluding carboxylic acids is 2. The standard InChI is InChI=1S/C20H20FNO5/c1-13(20(24)22-16-8-6-15(21)7-9-16)27-19(23)11-5-14-4-10-17(25-2)18(12-14)26-3/h4-13H,1-3H3,(H,22,24). The lowest BCUT2D eigenvalue weighted by Gasteiger charge is -2.12. The summed E-state index contributed by atoms with van der Waals surface area (Å²) in [7, 11) is 3.05. The number of ether oxygens (including phenoxy) is 3. The van der Waals surface area contributed by atoms with Gasteiger partial charge in [-0.15, -0.1) is 0 Å². The maximum atomic E-state index is 12.9. The van der Waals surface area contributed by atoms with E-state index in [1.807, 2.05) is 0 Å². The van der Waals surface area contributed by atoms with E-state index >= 15 is 0 Å². The molecule has 0 aliphatic rings. The lowest BCUT2D eigenvalue weighted by atomic mass is 10.2. The van der Waals surface area contributed by atoms with Crippen LogP contribution in [0.2, 0.25) is 0 Å². The van der Waals surface area contributed by atoms with Crippen molar-refractivity contribution in [3.8, 4) is 11.5 Å². The number of hydrogen-bond donors (Lipinski definition) is 1. The summed E-state index contributed by atoms with van der Waals surface area (Å²) in [6, 6.07) is 10.4. The van der Waals surface area contributed by atoms with E-state index in [9.17, 15) is 14.0 Å². The van der Waals surface area contributed by atoms with E-state index in [0.717, 1.165) is 0 Å². The maximum Gasteiger partial charge on any atom is 0.331 e. The Morgan fingerprint density at radius 1 is 1.04 bits per heavy atom. The molecule has 27 heavy (non-hydrogen) atoms. The summed E-state index contributed by atoms with van der Waals surface area (Å²) in [6.07, 6.45) is 1.73. The van der Waals surface area contributed by atoms with Crippen LogP contribution in [0.3, 0.4) is 0 Å². The predicted octanol–water partition coefficient (Wildman–Crippen LogP) is 3.43. The first-order valence-electron chi connectivity index (χ1n) is 8.10. The molecule has 1 amide bonds. The molecule has 0 aliphatic heterocycles. The Bertz CT molecular complexity index is 833. The van der Waals surface area contributed by atoms with Gasteiger partial charge in [0.15, 0.2) is 17.6 Å². The number of esters is 1. The van der Waals surface area contributed by atoms with Crippen molar-refractivity contribution in [1.82, 2.24) is 0 Å². The highest BCUT2D eigenvalue weighted by Gasteiger charge is 2.16. The molecule has 1 N–H and O–H groups in total. The van der Waals surface area contributed by atoms with Gasteiger partial charge in [0.1, 0.15) is 5.82 Å². The fourth-order valence-electron chi connectivity index (χ4n) is 2.16. The van der Waals surface area contributed by atoms with Crippen LogP contribution < -0.4 is 14.8 Å². The molecule has 0 radical (unpaired) electrons. The Morgan fingerprint density at radius 2 is 1.70 bits per heavy atom. The van der Waals surface area contributed by atoms with Gasteiger partial charge in [0.2, 0.25) is 0 Å². The van der Waals surface area contributed by atoms with E-state index in [4.69, 9.17) is 14.2 Å². The zero-order valence-corrected chi connectivity index (χ0v) is 15.2. The van der Waals surface area contributed by atoms with Crippen molar-refractivity contribution in [2.24, 2.45) is 0 Å². The summed E-state index contributed by atoms with van der Waals surface area (Å²) in [6.45, 7) is 1.45. The highest BCUT2D eigenvalue weighted by molar-refractivity contribution is 5.96. The minimum absolute atomic E-state index is 0.408. The first kappa shape index (κ1) is 20.0. The molecule has 0 aliphatic carbocycles. The second kappa shape index (κ2) is 9.38. The highest BCUT2D eigenvalue weighted by Crippen LogP contribution is 2.27. The molecule has 2 aromatic carbocycles. The van der Waals surface area contributed by atoms with Gasteiger partial charge in [-0.3, -0.25) is 4.79 Å². The summed E-state index contributed by atoms with van der Waals surface area (Å²) in [5.74, 6) is -0.503. The first-order valence-corrected chi connectivity index (χ1v) is 8.10. The molecule has 0 spiro atoms. The van der Waals surface area contributed by atoms with Gasteiger partial charge >= 0.3 is 5.97 Å². The third kappa shape index (κ3) is 5.85. The Hall–Kier alpha value is -3.35. The molecule has 6 nitrogen and oxygen atoms in total. The third-order valence-corrected chi connectivity index (χ3v) is 3.59. The second-order valence-corrected chi connectivity index (χ2v) is 5.52. The van der Waals surface area contributed by atoms with Gasteiger partial charge in [-0.2, -0.15) is 0 Å². The molecule has 0 saturated heterocycles. The fourth-order valence-corrected chi connectivity index (χ4v) is 2.16. The molecule has 0 aromatic heterocycles. The van der Waals surface area contributed by atoms with Crippen molar-refractivity contribution in [2.45, 2.75) is 13.0 Å². The zero-order valence-electron chi connectivity index (χ0n) is 15.2. The summed E-state index contributed by atoms with van der Waals surface area (Å²) < 4.78 is 28.3. The van der Waals surface area contributed by atoms with Crippen LogP contribution in [0.15, 0.2) is 48.5 Å². The van der Waals surface area contributed by atoms with Crippen LogP contribution in [0.25, 0.3) is 6.08 Å². The van der Waals surface area contributed by atoms with E-state index in [1.54, 1.807) is 18.2 Å². The number of carbonyl (C=O) groups is 2. The Morgan fingerprint density at radius 3 is 2.33 bits per heavy atom. The lowest BCUT2D eigenvalue weighted by Crippen LogP contribution is -2.29. The van der Waals surface area contributed by atoms with Gasteiger partial charge in [0, 0.05) is 11.8 Å². The zero-order chi connectivity index (χ0) is 19.8. The Kier molecular flexibility index (Phi) is 6.93. The summed E-state index contributed by atoms with van der Waals surface area (Å²) in [5, 5.41) is 2.54. The van der Waals surface area contributed by atoms with Gasteiger partial charge in [-0.25, -0.2) is 9.18 Å². The molecular weight excluding hydrogens is 353 g/mol. The minimum atomic E-state index is -1.02. The van der Waals surface area contributed by atoms with Crippen LogP contribution in [-0.2, 0) is 14.3 Å². The highest BCUT2D eigenvalue weighted by atomic mass is 19.1. The van der Waals surface area contributed by atoms with Crippen LogP contribution in [0, 0.1) is 5.82 Å². The van der Waals surface area contributed by atoms with E-state index < -0.39 is 23.8 Å². The predicted molar refractivity (Wildman–Crippen MR) is 99.2 cm³/mol. The summed E-state index contributed by atoms with van der Waals surface area (Å²) >= 11 is 0. The number of nitrogens with one attached hydrogen (secondary N) is 1. The van der Waals surface area contributed by atoms with E-state index in [0.29, 0.717) is 22.7 Å². The molecule has 2 rings (SSSR count). The molecule has 0 bridgehead atoms. The SMILES string of the molecule is COc1ccc(C=CC(=O)OC(C)C(=O)Nc2ccc(F)cc2)cc1OC. The topological polar surface area (TPSA) is 73.9 Å². The van der Waals surface area contributed by atoms with Crippen LogP contribution in [-0.4, -0.2) is 32.2 Å². The van der Waals surface area contributed by atoms with Crippen molar-refractivity contribution in [3.63, 3.8) is 0 Å². The van der Waals surface area contributed by atoms with Crippen molar-refractivity contribution in [3.05, 3.63) is 59.9 Å². The number of hydrogen-bond acceptors (Lipinski definition) is 5. The molecule has 0 heterocycles. The molecule has 7 heteroatoms. The monoisotopic (exact) mass is 373 g/mol. The molecule has 1 unspecified atom stereocenters.